The second kappa shape index (κ2) is 5.54. The fourth-order valence-corrected chi connectivity index (χ4v) is 3.34. The van der Waals surface area contributed by atoms with E-state index in [1.54, 1.807) is 18.2 Å². The third kappa shape index (κ3) is 3.52. The quantitative estimate of drug-likeness (QED) is 0.917. The molecule has 2 unspecified atom stereocenters. The topological polar surface area (TPSA) is 44.5 Å². The molecule has 1 heterocycles. The van der Waals surface area contributed by atoms with Crippen molar-refractivity contribution in [1.82, 2.24) is 0 Å². The Labute approximate surface area is 124 Å². The molecule has 0 aliphatic carbocycles. The van der Waals surface area contributed by atoms with Gasteiger partial charge in [-0.2, -0.15) is 8.78 Å². The van der Waals surface area contributed by atoms with Crippen LogP contribution >= 0.6 is 0 Å². The predicted molar refractivity (Wildman–Crippen MR) is 77.4 cm³/mol. The molecule has 5 heteroatoms. The first-order valence-electron chi connectivity index (χ1n) is 7.12. The molecule has 0 spiro atoms. The molecule has 0 amide bonds. The Kier molecular flexibility index (Phi) is 4.26. The lowest BCUT2D eigenvalue weighted by Crippen LogP contribution is -2.36. The average Bonchev–Trinajstić information content (AvgIpc) is 2.56. The van der Waals surface area contributed by atoms with Crippen LogP contribution in [0.15, 0.2) is 24.3 Å². The number of hydrogen-bond acceptors (Lipinski definition) is 3. The maximum Gasteiger partial charge on any atom is 0.387 e. The molecule has 21 heavy (non-hydrogen) atoms. The molecule has 1 fully saturated rings. The predicted octanol–water partition coefficient (Wildman–Crippen LogP) is 3.88. The molecule has 3 nitrogen and oxygen atoms in total. The molecule has 2 rings (SSSR count). The summed E-state index contributed by atoms with van der Waals surface area (Å²) in [5.41, 5.74) is 6.27. The standard InChI is InChI=1S/C16H23F2NO2/c1-15(2)9-11(16(3,4)21-15)13(19)10-7-5-6-8-12(10)20-14(17)18/h5-8,11,13-14H,9,19H2,1-4H3. The van der Waals surface area contributed by atoms with Gasteiger partial charge in [-0.25, -0.2) is 0 Å². The van der Waals surface area contributed by atoms with E-state index >= 15 is 0 Å². The molecular formula is C16H23F2NO2. The number of halogens is 2. The van der Waals surface area contributed by atoms with Gasteiger partial charge in [0.15, 0.2) is 0 Å². The minimum absolute atomic E-state index is 0.0231. The van der Waals surface area contributed by atoms with Crippen LogP contribution in [0.25, 0.3) is 0 Å². The SMILES string of the molecule is CC1(C)CC(C(N)c2ccccc2OC(F)F)C(C)(C)O1. The first-order chi connectivity index (χ1) is 9.62. The van der Waals surface area contributed by atoms with E-state index in [2.05, 4.69) is 4.74 Å². The van der Waals surface area contributed by atoms with Crippen molar-refractivity contribution in [2.75, 3.05) is 0 Å². The van der Waals surface area contributed by atoms with Crippen LogP contribution in [0.1, 0.15) is 45.7 Å². The molecule has 1 aromatic carbocycles. The van der Waals surface area contributed by atoms with E-state index in [1.807, 2.05) is 27.7 Å². The summed E-state index contributed by atoms with van der Waals surface area (Å²) in [6.45, 7) is 5.15. The highest BCUT2D eigenvalue weighted by molar-refractivity contribution is 5.36. The normalized spacial score (nSPS) is 25.0. The van der Waals surface area contributed by atoms with Gasteiger partial charge < -0.3 is 15.2 Å². The first kappa shape index (κ1) is 16.2. The van der Waals surface area contributed by atoms with Crippen molar-refractivity contribution in [2.24, 2.45) is 11.7 Å². The zero-order valence-corrected chi connectivity index (χ0v) is 12.9. The fourth-order valence-electron chi connectivity index (χ4n) is 3.34. The van der Waals surface area contributed by atoms with E-state index in [4.69, 9.17) is 10.5 Å². The van der Waals surface area contributed by atoms with Crippen molar-refractivity contribution in [3.8, 4) is 5.75 Å². The van der Waals surface area contributed by atoms with Crippen LogP contribution in [0.2, 0.25) is 0 Å². The monoisotopic (exact) mass is 299 g/mol. The van der Waals surface area contributed by atoms with E-state index in [9.17, 15) is 8.78 Å². The van der Waals surface area contributed by atoms with E-state index < -0.39 is 18.3 Å². The molecule has 0 bridgehead atoms. The van der Waals surface area contributed by atoms with Gasteiger partial charge in [0, 0.05) is 17.5 Å². The van der Waals surface area contributed by atoms with Crippen molar-refractivity contribution >= 4 is 0 Å². The lowest BCUT2D eigenvalue weighted by atomic mass is 9.79. The maximum atomic E-state index is 12.5. The first-order valence-corrected chi connectivity index (χ1v) is 7.12. The highest BCUT2D eigenvalue weighted by Crippen LogP contribution is 2.48. The molecule has 0 saturated carbocycles. The molecule has 1 aromatic rings. The van der Waals surface area contributed by atoms with Gasteiger partial charge in [0.05, 0.1) is 11.2 Å². The van der Waals surface area contributed by atoms with Crippen LogP contribution in [0.5, 0.6) is 5.75 Å². The van der Waals surface area contributed by atoms with Gasteiger partial charge in [-0.3, -0.25) is 0 Å². The third-order valence-corrected chi connectivity index (χ3v) is 4.07. The molecule has 1 aliphatic rings. The number of benzene rings is 1. The number of hydrogen-bond donors (Lipinski definition) is 1. The van der Waals surface area contributed by atoms with Crippen LogP contribution in [-0.2, 0) is 4.74 Å². The van der Waals surface area contributed by atoms with Gasteiger partial charge in [0.25, 0.3) is 0 Å². The van der Waals surface area contributed by atoms with Crippen molar-refractivity contribution < 1.29 is 18.3 Å². The molecule has 2 atom stereocenters. The summed E-state index contributed by atoms with van der Waals surface area (Å²) < 4.78 is 35.7. The Morgan fingerprint density at radius 2 is 1.86 bits per heavy atom. The number of alkyl halides is 2. The third-order valence-electron chi connectivity index (χ3n) is 4.07. The Morgan fingerprint density at radius 3 is 2.38 bits per heavy atom. The summed E-state index contributed by atoms with van der Waals surface area (Å²) in [7, 11) is 0. The second-order valence-corrected chi connectivity index (χ2v) is 6.72. The Bertz CT molecular complexity index is 503. The van der Waals surface area contributed by atoms with Crippen LogP contribution in [0.4, 0.5) is 8.78 Å². The highest BCUT2D eigenvalue weighted by Gasteiger charge is 2.48. The van der Waals surface area contributed by atoms with Gasteiger partial charge in [0.1, 0.15) is 5.75 Å². The molecular weight excluding hydrogens is 276 g/mol. The Balaban J connectivity index is 2.30. The summed E-state index contributed by atoms with van der Waals surface area (Å²) in [4.78, 5) is 0. The molecule has 1 aliphatic heterocycles. The minimum Gasteiger partial charge on any atom is -0.434 e. The van der Waals surface area contributed by atoms with Crippen molar-refractivity contribution in [2.45, 2.75) is 58.0 Å². The number of para-hydroxylation sites is 1. The Hall–Kier alpha value is -1.20. The van der Waals surface area contributed by atoms with E-state index in [0.717, 1.165) is 6.42 Å². The molecule has 2 N–H and O–H groups in total. The van der Waals surface area contributed by atoms with Crippen LogP contribution in [-0.4, -0.2) is 17.8 Å². The minimum atomic E-state index is -2.86. The smallest absolute Gasteiger partial charge is 0.387 e. The van der Waals surface area contributed by atoms with Crippen LogP contribution < -0.4 is 10.5 Å². The van der Waals surface area contributed by atoms with Crippen LogP contribution in [0, 0.1) is 5.92 Å². The van der Waals surface area contributed by atoms with Crippen LogP contribution in [0.3, 0.4) is 0 Å². The summed E-state index contributed by atoms with van der Waals surface area (Å²) in [5.74, 6) is 0.162. The van der Waals surface area contributed by atoms with Gasteiger partial charge in [0.2, 0.25) is 0 Å². The van der Waals surface area contributed by atoms with E-state index in [1.165, 1.54) is 6.07 Å². The summed E-state index contributed by atoms with van der Waals surface area (Å²) in [5, 5.41) is 0. The van der Waals surface area contributed by atoms with Gasteiger partial charge in [-0.1, -0.05) is 18.2 Å². The Morgan fingerprint density at radius 1 is 1.24 bits per heavy atom. The van der Waals surface area contributed by atoms with Gasteiger partial charge in [-0.05, 0) is 40.2 Å². The lowest BCUT2D eigenvalue weighted by molar-refractivity contribution is -0.0770. The number of rotatable bonds is 4. The fraction of sp³-hybridized carbons (Fsp3) is 0.625. The zero-order chi connectivity index (χ0) is 15.8. The molecule has 0 radical (unpaired) electrons. The highest BCUT2D eigenvalue weighted by atomic mass is 19.3. The van der Waals surface area contributed by atoms with Crippen molar-refractivity contribution in [3.05, 3.63) is 29.8 Å². The van der Waals surface area contributed by atoms with Crippen molar-refractivity contribution in [3.63, 3.8) is 0 Å². The summed E-state index contributed by atoms with van der Waals surface area (Å²) in [6, 6.07) is 6.28. The summed E-state index contributed by atoms with van der Waals surface area (Å²) >= 11 is 0. The molecule has 118 valence electrons. The zero-order valence-electron chi connectivity index (χ0n) is 12.9. The van der Waals surface area contributed by atoms with Gasteiger partial charge in [-0.15, -0.1) is 0 Å². The number of nitrogens with two attached hydrogens (primary N) is 1. The van der Waals surface area contributed by atoms with Gasteiger partial charge >= 0.3 is 6.61 Å². The lowest BCUT2D eigenvalue weighted by Gasteiger charge is -2.31. The second-order valence-electron chi connectivity index (χ2n) is 6.72. The summed E-state index contributed by atoms with van der Waals surface area (Å²) in [6.07, 6.45) is 0.768. The molecule has 1 saturated heterocycles. The van der Waals surface area contributed by atoms with Crippen molar-refractivity contribution in [1.29, 1.82) is 0 Å². The largest absolute Gasteiger partial charge is 0.434 e. The molecule has 0 aromatic heterocycles. The average molecular weight is 299 g/mol. The maximum absolute atomic E-state index is 12.5. The van der Waals surface area contributed by atoms with E-state index in [0.29, 0.717) is 5.56 Å². The van der Waals surface area contributed by atoms with E-state index in [-0.39, 0.29) is 17.3 Å². The number of ether oxygens (including phenoxy) is 2.